The van der Waals surface area contributed by atoms with Crippen molar-refractivity contribution in [2.45, 2.75) is 6.04 Å². The van der Waals surface area contributed by atoms with Crippen LogP contribution in [0.3, 0.4) is 0 Å². The van der Waals surface area contributed by atoms with Gasteiger partial charge in [-0.1, -0.05) is 12.1 Å². The monoisotopic (exact) mass is 195 g/mol. The fraction of sp³-hybridized carbons (Fsp3) is 0.300. The number of carbonyl (C=O) groups excluding carboxylic acids is 1. The highest BCUT2D eigenvalue weighted by molar-refractivity contribution is 5.78. The molecular weight excluding hydrogens is 185 g/mol. The van der Waals surface area contributed by atoms with E-state index >= 15 is 0 Å². The van der Waals surface area contributed by atoms with Crippen molar-refractivity contribution in [1.82, 2.24) is 5.32 Å². The third-order valence-corrected chi connectivity index (χ3v) is 2.13. The van der Waals surface area contributed by atoms with Crippen molar-refractivity contribution in [2.24, 2.45) is 0 Å². The molecule has 0 aromatic heterocycles. The van der Waals surface area contributed by atoms with Gasteiger partial charge >= 0.3 is 5.97 Å². The van der Waals surface area contributed by atoms with Crippen LogP contribution in [0.1, 0.15) is 11.6 Å². The average molecular weight is 195 g/mol. The number of carbonyl (C=O) groups is 1. The number of ether oxygens (including phenoxy) is 1. The van der Waals surface area contributed by atoms with Gasteiger partial charge in [0.1, 0.15) is 18.5 Å². The van der Waals surface area contributed by atoms with E-state index < -0.39 is 6.04 Å². The minimum Gasteiger partial charge on any atom is -0.463 e. The molecule has 0 aliphatic carbocycles. The fourth-order valence-electron chi connectivity index (χ4n) is 1.43. The first kappa shape index (κ1) is 9.15. The van der Waals surface area contributed by atoms with Gasteiger partial charge in [0.15, 0.2) is 0 Å². The molecule has 1 atom stereocenters. The molecule has 0 bridgehead atoms. The molecule has 1 heterocycles. The van der Waals surface area contributed by atoms with Gasteiger partial charge < -0.3 is 4.74 Å². The van der Waals surface area contributed by atoms with Gasteiger partial charge in [0.25, 0.3) is 0 Å². The number of cyclic esters (lactones) is 1. The number of hydrogen-bond acceptors (Lipinski definition) is 3. The third kappa shape index (κ3) is 1.75. The Morgan fingerprint density at radius 1 is 1.36 bits per heavy atom. The lowest BCUT2D eigenvalue weighted by molar-refractivity contribution is -0.149. The predicted octanol–water partition coefficient (Wildman–Crippen LogP) is 1.01. The van der Waals surface area contributed by atoms with Crippen LogP contribution in [0.15, 0.2) is 24.3 Å². The second-order valence-electron chi connectivity index (χ2n) is 3.11. The maximum Gasteiger partial charge on any atom is 0.327 e. The van der Waals surface area contributed by atoms with E-state index in [1.165, 1.54) is 12.1 Å². The molecule has 1 fully saturated rings. The first-order valence-electron chi connectivity index (χ1n) is 4.43. The number of benzene rings is 1. The van der Waals surface area contributed by atoms with E-state index in [9.17, 15) is 9.18 Å². The Bertz CT molecular complexity index is 336. The number of halogens is 1. The number of esters is 1. The SMILES string of the molecule is O=C1OCCN[C@H]1c1ccc(F)cc1. The van der Waals surface area contributed by atoms with Crippen LogP contribution in [0.5, 0.6) is 0 Å². The average Bonchev–Trinajstić information content (AvgIpc) is 2.20. The van der Waals surface area contributed by atoms with Crippen LogP contribution in [0.25, 0.3) is 0 Å². The molecule has 1 aromatic carbocycles. The largest absolute Gasteiger partial charge is 0.463 e. The van der Waals surface area contributed by atoms with Gasteiger partial charge in [-0.3, -0.25) is 5.32 Å². The van der Waals surface area contributed by atoms with Gasteiger partial charge in [0.2, 0.25) is 0 Å². The molecule has 0 radical (unpaired) electrons. The van der Waals surface area contributed by atoms with Crippen molar-refractivity contribution >= 4 is 5.97 Å². The Balaban J connectivity index is 2.20. The summed E-state index contributed by atoms with van der Waals surface area (Å²) in [5, 5.41) is 3.01. The number of rotatable bonds is 1. The van der Waals surface area contributed by atoms with Crippen molar-refractivity contribution in [3.8, 4) is 0 Å². The van der Waals surface area contributed by atoms with E-state index in [1.54, 1.807) is 12.1 Å². The molecule has 0 spiro atoms. The van der Waals surface area contributed by atoms with E-state index in [1.807, 2.05) is 0 Å². The van der Waals surface area contributed by atoms with Crippen molar-refractivity contribution in [3.05, 3.63) is 35.6 Å². The highest BCUT2D eigenvalue weighted by Gasteiger charge is 2.24. The van der Waals surface area contributed by atoms with Crippen molar-refractivity contribution in [1.29, 1.82) is 0 Å². The Labute approximate surface area is 80.9 Å². The normalized spacial score (nSPS) is 21.8. The molecule has 74 valence electrons. The van der Waals surface area contributed by atoms with Crippen LogP contribution < -0.4 is 5.32 Å². The summed E-state index contributed by atoms with van der Waals surface area (Å²) in [6.07, 6.45) is 0. The Morgan fingerprint density at radius 2 is 2.07 bits per heavy atom. The molecule has 0 saturated carbocycles. The van der Waals surface area contributed by atoms with E-state index in [0.29, 0.717) is 13.2 Å². The summed E-state index contributed by atoms with van der Waals surface area (Å²) in [5.41, 5.74) is 0.733. The first-order chi connectivity index (χ1) is 6.77. The van der Waals surface area contributed by atoms with Crippen LogP contribution in [-0.4, -0.2) is 19.1 Å². The van der Waals surface area contributed by atoms with Gasteiger partial charge in [0, 0.05) is 6.54 Å². The molecule has 3 nitrogen and oxygen atoms in total. The lowest BCUT2D eigenvalue weighted by Gasteiger charge is -2.22. The Morgan fingerprint density at radius 3 is 2.71 bits per heavy atom. The summed E-state index contributed by atoms with van der Waals surface area (Å²) in [5.74, 6) is -0.610. The van der Waals surface area contributed by atoms with Crippen LogP contribution in [-0.2, 0) is 9.53 Å². The predicted molar refractivity (Wildman–Crippen MR) is 48.1 cm³/mol. The molecule has 1 aromatic rings. The zero-order valence-electron chi connectivity index (χ0n) is 7.50. The minimum absolute atomic E-state index is 0.303. The molecule has 4 heteroatoms. The standard InChI is InChI=1S/C10H10FNO2/c11-8-3-1-7(2-4-8)9-10(13)14-6-5-12-9/h1-4,9,12H,5-6H2/t9-/m0/s1. The molecule has 1 aliphatic rings. The number of hydrogen-bond donors (Lipinski definition) is 1. The molecule has 14 heavy (non-hydrogen) atoms. The van der Waals surface area contributed by atoms with Crippen LogP contribution in [0.4, 0.5) is 4.39 Å². The van der Waals surface area contributed by atoms with Gasteiger partial charge in [-0.05, 0) is 17.7 Å². The Kier molecular flexibility index (Phi) is 2.45. The maximum absolute atomic E-state index is 12.6. The Hall–Kier alpha value is -1.42. The maximum atomic E-state index is 12.6. The molecular formula is C10H10FNO2. The van der Waals surface area contributed by atoms with Crippen LogP contribution in [0, 0.1) is 5.82 Å². The molecule has 1 aliphatic heterocycles. The lowest BCUT2D eigenvalue weighted by atomic mass is 10.1. The fourth-order valence-corrected chi connectivity index (χ4v) is 1.43. The van der Waals surface area contributed by atoms with Gasteiger partial charge in [-0.15, -0.1) is 0 Å². The second kappa shape index (κ2) is 3.75. The quantitative estimate of drug-likeness (QED) is 0.680. The highest BCUT2D eigenvalue weighted by atomic mass is 19.1. The molecule has 0 unspecified atom stereocenters. The number of nitrogens with one attached hydrogen (secondary N) is 1. The van der Waals surface area contributed by atoms with Gasteiger partial charge in [-0.25, -0.2) is 9.18 Å². The van der Waals surface area contributed by atoms with E-state index in [0.717, 1.165) is 5.56 Å². The summed E-state index contributed by atoms with van der Waals surface area (Å²) in [7, 11) is 0. The van der Waals surface area contributed by atoms with E-state index in [-0.39, 0.29) is 11.8 Å². The molecule has 2 rings (SSSR count). The molecule has 1 N–H and O–H groups in total. The topological polar surface area (TPSA) is 38.3 Å². The summed E-state index contributed by atoms with van der Waals surface area (Å²) in [4.78, 5) is 11.3. The first-order valence-corrected chi connectivity index (χ1v) is 4.43. The van der Waals surface area contributed by atoms with E-state index in [2.05, 4.69) is 5.32 Å². The third-order valence-electron chi connectivity index (χ3n) is 2.13. The molecule has 1 saturated heterocycles. The van der Waals surface area contributed by atoms with Crippen molar-refractivity contribution in [3.63, 3.8) is 0 Å². The lowest BCUT2D eigenvalue weighted by Crippen LogP contribution is -2.38. The zero-order valence-corrected chi connectivity index (χ0v) is 7.50. The molecule has 0 amide bonds. The summed E-state index contributed by atoms with van der Waals surface area (Å²) in [6, 6.07) is 5.38. The highest BCUT2D eigenvalue weighted by Crippen LogP contribution is 2.17. The van der Waals surface area contributed by atoms with Crippen LogP contribution in [0.2, 0.25) is 0 Å². The number of morpholine rings is 1. The van der Waals surface area contributed by atoms with E-state index in [4.69, 9.17) is 4.74 Å². The van der Waals surface area contributed by atoms with Crippen molar-refractivity contribution < 1.29 is 13.9 Å². The van der Waals surface area contributed by atoms with Gasteiger partial charge in [-0.2, -0.15) is 0 Å². The van der Waals surface area contributed by atoms with Crippen LogP contribution >= 0.6 is 0 Å². The van der Waals surface area contributed by atoms with Gasteiger partial charge in [0.05, 0.1) is 0 Å². The second-order valence-corrected chi connectivity index (χ2v) is 3.11. The van der Waals surface area contributed by atoms with Crippen molar-refractivity contribution in [2.75, 3.05) is 13.2 Å². The minimum atomic E-state index is -0.454. The smallest absolute Gasteiger partial charge is 0.327 e. The summed E-state index contributed by atoms with van der Waals surface area (Å²) in [6.45, 7) is 1.03. The zero-order chi connectivity index (χ0) is 9.97. The summed E-state index contributed by atoms with van der Waals surface area (Å²) >= 11 is 0. The summed E-state index contributed by atoms with van der Waals surface area (Å²) < 4.78 is 17.5.